The molecule has 2 fully saturated rings. The van der Waals surface area contributed by atoms with Crippen LogP contribution in [0.3, 0.4) is 0 Å². The fraction of sp³-hybridized carbons (Fsp3) is 0.545. The van der Waals surface area contributed by atoms with Crippen molar-refractivity contribution in [1.82, 2.24) is 9.97 Å². The van der Waals surface area contributed by atoms with Crippen LogP contribution in [0, 0.1) is 11.8 Å². The highest BCUT2D eigenvalue weighted by Crippen LogP contribution is 2.28. The van der Waals surface area contributed by atoms with Crippen LogP contribution in [-0.4, -0.2) is 54.5 Å². The molecule has 3 heterocycles. The first-order valence-corrected chi connectivity index (χ1v) is 10.9. The number of piperidine rings is 2. The number of benzene rings is 1. The molecule has 7 heteroatoms. The monoisotopic (exact) mass is 416 g/mol. The van der Waals surface area contributed by atoms with Crippen molar-refractivity contribution in [3.63, 3.8) is 0 Å². The van der Waals surface area contributed by atoms with Gasteiger partial charge in [-0.15, -0.1) is 0 Å². The van der Waals surface area contributed by atoms with Crippen molar-refractivity contribution < 1.29 is 9.84 Å². The Labute approximate surface area is 177 Å². The Morgan fingerprint density at radius 3 is 2.34 bits per heavy atom. The number of rotatable bonds is 6. The quantitative estimate of drug-likeness (QED) is 0.775. The van der Waals surface area contributed by atoms with Crippen molar-refractivity contribution in [3.05, 3.63) is 41.7 Å². The standard InChI is InChI=1S/C22H29ClN4O2/c23-19-7-1-2-8-20(19)29-15-18-6-4-10-27(13-18)22-11-21(24-16-25-22)26-9-3-5-17(12-26)14-28/h1-2,7-8,11,16-18,28H,3-6,9-10,12-15H2. The predicted molar refractivity (Wildman–Crippen MR) is 116 cm³/mol. The summed E-state index contributed by atoms with van der Waals surface area (Å²) in [5.74, 6) is 3.46. The van der Waals surface area contributed by atoms with Gasteiger partial charge in [0.25, 0.3) is 0 Å². The van der Waals surface area contributed by atoms with E-state index in [1.165, 1.54) is 0 Å². The summed E-state index contributed by atoms with van der Waals surface area (Å²) >= 11 is 6.21. The number of aliphatic hydroxyl groups is 1. The molecule has 0 amide bonds. The molecular formula is C22H29ClN4O2. The number of nitrogens with zero attached hydrogens (tertiary/aromatic N) is 4. The minimum absolute atomic E-state index is 0.244. The smallest absolute Gasteiger partial charge is 0.137 e. The molecule has 6 nitrogen and oxygen atoms in total. The number of aromatic nitrogens is 2. The number of halogens is 1. The number of para-hydroxylation sites is 1. The van der Waals surface area contributed by atoms with Crippen LogP contribution in [0.4, 0.5) is 11.6 Å². The third kappa shape index (κ3) is 5.11. The topological polar surface area (TPSA) is 61.7 Å². The van der Waals surface area contributed by atoms with E-state index < -0.39 is 0 Å². The Balaban J connectivity index is 1.38. The number of ether oxygens (including phenoxy) is 1. The molecule has 4 rings (SSSR count). The first kappa shape index (κ1) is 20.2. The highest BCUT2D eigenvalue weighted by atomic mass is 35.5. The van der Waals surface area contributed by atoms with Crippen molar-refractivity contribution in [2.24, 2.45) is 11.8 Å². The predicted octanol–water partition coefficient (Wildman–Crippen LogP) is 3.63. The molecular weight excluding hydrogens is 388 g/mol. The van der Waals surface area contributed by atoms with E-state index in [4.69, 9.17) is 16.3 Å². The van der Waals surface area contributed by atoms with E-state index in [0.29, 0.717) is 23.5 Å². The molecule has 2 aromatic rings. The van der Waals surface area contributed by atoms with Gasteiger partial charge in [-0.05, 0) is 43.7 Å². The minimum atomic E-state index is 0.244. The maximum Gasteiger partial charge on any atom is 0.137 e. The van der Waals surface area contributed by atoms with E-state index >= 15 is 0 Å². The zero-order valence-electron chi connectivity index (χ0n) is 16.7. The Morgan fingerprint density at radius 1 is 1.00 bits per heavy atom. The van der Waals surface area contributed by atoms with Crippen LogP contribution in [0.1, 0.15) is 25.7 Å². The lowest BCUT2D eigenvalue weighted by Crippen LogP contribution is -2.39. The summed E-state index contributed by atoms with van der Waals surface area (Å²) in [6, 6.07) is 9.72. The van der Waals surface area contributed by atoms with Gasteiger partial charge in [-0.1, -0.05) is 23.7 Å². The van der Waals surface area contributed by atoms with Gasteiger partial charge in [-0.2, -0.15) is 0 Å². The first-order chi connectivity index (χ1) is 14.2. The van der Waals surface area contributed by atoms with Gasteiger partial charge in [0.15, 0.2) is 0 Å². The molecule has 0 radical (unpaired) electrons. The summed E-state index contributed by atoms with van der Waals surface area (Å²) < 4.78 is 5.98. The van der Waals surface area contributed by atoms with E-state index in [2.05, 4.69) is 25.8 Å². The molecule has 29 heavy (non-hydrogen) atoms. The van der Waals surface area contributed by atoms with Crippen LogP contribution in [-0.2, 0) is 0 Å². The third-order valence-corrected chi connectivity index (χ3v) is 6.21. The van der Waals surface area contributed by atoms with Crippen molar-refractivity contribution >= 4 is 23.2 Å². The summed E-state index contributed by atoms with van der Waals surface area (Å²) in [6.45, 7) is 4.66. The molecule has 2 aliphatic rings. The molecule has 1 aromatic heterocycles. The van der Waals surface area contributed by atoms with Crippen LogP contribution < -0.4 is 14.5 Å². The lowest BCUT2D eigenvalue weighted by molar-refractivity contribution is 0.208. The summed E-state index contributed by atoms with van der Waals surface area (Å²) in [7, 11) is 0. The molecule has 0 aliphatic carbocycles. The van der Waals surface area contributed by atoms with Gasteiger partial charge in [0, 0.05) is 44.8 Å². The van der Waals surface area contributed by atoms with E-state index in [9.17, 15) is 5.11 Å². The van der Waals surface area contributed by atoms with Gasteiger partial charge >= 0.3 is 0 Å². The SMILES string of the molecule is OCC1CCCN(c2cc(N3CCCC(COc4ccccc4Cl)C3)ncn2)C1. The lowest BCUT2D eigenvalue weighted by Gasteiger charge is -2.35. The summed E-state index contributed by atoms with van der Waals surface area (Å²) in [6.07, 6.45) is 6.10. The third-order valence-electron chi connectivity index (χ3n) is 5.89. The molecule has 2 saturated heterocycles. The average molecular weight is 417 g/mol. The first-order valence-electron chi connectivity index (χ1n) is 10.5. The fourth-order valence-corrected chi connectivity index (χ4v) is 4.47. The Bertz CT molecular complexity index is 806. The molecule has 156 valence electrons. The molecule has 2 atom stereocenters. The number of hydrogen-bond donors (Lipinski definition) is 1. The van der Waals surface area contributed by atoms with Crippen LogP contribution in [0.15, 0.2) is 36.7 Å². The van der Waals surface area contributed by atoms with Crippen molar-refractivity contribution in [3.8, 4) is 5.75 Å². The zero-order valence-corrected chi connectivity index (χ0v) is 17.5. The van der Waals surface area contributed by atoms with Gasteiger partial charge in [-0.3, -0.25) is 0 Å². The molecule has 1 aromatic carbocycles. The lowest BCUT2D eigenvalue weighted by atomic mass is 9.98. The van der Waals surface area contributed by atoms with Gasteiger partial charge in [0.05, 0.1) is 11.6 Å². The normalized spacial score (nSPS) is 22.6. The van der Waals surface area contributed by atoms with Crippen molar-refractivity contribution in [1.29, 1.82) is 0 Å². The van der Waals surface area contributed by atoms with Crippen LogP contribution in [0.5, 0.6) is 5.75 Å². The Hall–Kier alpha value is -2.05. The Kier molecular flexibility index (Phi) is 6.72. The maximum atomic E-state index is 9.51. The molecule has 2 aliphatic heterocycles. The molecule has 0 saturated carbocycles. The van der Waals surface area contributed by atoms with Crippen LogP contribution in [0.25, 0.3) is 0 Å². The van der Waals surface area contributed by atoms with E-state index in [0.717, 1.165) is 69.2 Å². The number of anilines is 2. The van der Waals surface area contributed by atoms with Gasteiger partial charge in [-0.25, -0.2) is 9.97 Å². The molecule has 2 unspecified atom stereocenters. The average Bonchev–Trinajstić information content (AvgIpc) is 2.79. The van der Waals surface area contributed by atoms with Crippen LogP contribution >= 0.6 is 11.6 Å². The fourth-order valence-electron chi connectivity index (χ4n) is 4.28. The maximum absolute atomic E-state index is 9.51. The highest BCUT2D eigenvalue weighted by molar-refractivity contribution is 6.32. The summed E-state index contributed by atoms with van der Waals surface area (Å²) in [5.41, 5.74) is 0. The molecule has 0 spiro atoms. The summed E-state index contributed by atoms with van der Waals surface area (Å²) in [5, 5.41) is 10.2. The van der Waals surface area contributed by atoms with Crippen molar-refractivity contribution in [2.45, 2.75) is 25.7 Å². The second-order valence-electron chi connectivity index (χ2n) is 8.07. The second-order valence-corrected chi connectivity index (χ2v) is 8.47. The highest BCUT2D eigenvalue weighted by Gasteiger charge is 2.24. The van der Waals surface area contributed by atoms with E-state index in [-0.39, 0.29) is 6.61 Å². The number of aliphatic hydroxyl groups excluding tert-OH is 1. The second kappa shape index (κ2) is 9.63. The minimum Gasteiger partial charge on any atom is -0.492 e. The van der Waals surface area contributed by atoms with Crippen molar-refractivity contribution in [2.75, 3.05) is 49.2 Å². The Morgan fingerprint density at radius 2 is 1.66 bits per heavy atom. The van der Waals surface area contributed by atoms with Gasteiger partial charge in [0.2, 0.25) is 0 Å². The molecule has 1 N–H and O–H groups in total. The summed E-state index contributed by atoms with van der Waals surface area (Å²) in [4.78, 5) is 13.7. The van der Waals surface area contributed by atoms with Gasteiger partial charge < -0.3 is 19.6 Å². The number of hydrogen-bond acceptors (Lipinski definition) is 6. The van der Waals surface area contributed by atoms with E-state index in [1.807, 2.05) is 24.3 Å². The van der Waals surface area contributed by atoms with Gasteiger partial charge in [0.1, 0.15) is 23.7 Å². The molecule has 0 bridgehead atoms. The zero-order chi connectivity index (χ0) is 20.1. The van der Waals surface area contributed by atoms with E-state index in [1.54, 1.807) is 6.33 Å². The largest absolute Gasteiger partial charge is 0.492 e. The van der Waals surface area contributed by atoms with Crippen LogP contribution in [0.2, 0.25) is 5.02 Å².